The third kappa shape index (κ3) is 4.07. The monoisotopic (exact) mass is 370 g/mol. The molecule has 0 saturated heterocycles. The Balaban J connectivity index is 2.31. The molecule has 2 rings (SSSR count). The molecule has 0 aromatic carbocycles. The fourth-order valence-corrected chi connectivity index (χ4v) is 2.55. The molecule has 0 aliphatic heterocycles. The van der Waals surface area contributed by atoms with Gasteiger partial charge in [-0.05, 0) is 19.4 Å². The highest BCUT2D eigenvalue weighted by molar-refractivity contribution is 7.98. The predicted octanol–water partition coefficient (Wildman–Crippen LogP) is 0.831. The van der Waals surface area contributed by atoms with Crippen LogP contribution in [-0.2, 0) is 0 Å². The molecule has 0 amide bonds. The van der Waals surface area contributed by atoms with Crippen molar-refractivity contribution in [3.63, 3.8) is 0 Å². The number of nitrogen functional groups attached to an aromatic ring is 1. The SMILES string of the molecule is CSc1n[nH]c(N/C(C)=C(\CCO)C(=O)n2nc(SC)nc2N)n1. The van der Waals surface area contributed by atoms with Gasteiger partial charge in [0.15, 0.2) is 0 Å². The van der Waals surface area contributed by atoms with E-state index in [0.717, 1.165) is 4.68 Å². The molecule has 0 fully saturated rings. The van der Waals surface area contributed by atoms with Gasteiger partial charge in [0, 0.05) is 24.3 Å². The van der Waals surface area contributed by atoms with Crippen molar-refractivity contribution in [2.75, 3.05) is 30.2 Å². The van der Waals surface area contributed by atoms with Crippen molar-refractivity contribution in [3.8, 4) is 0 Å². The van der Waals surface area contributed by atoms with Crippen LogP contribution in [0.5, 0.6) is 0 Å². The van der Waals surface area contributed by atoms with E-state index in [-0.39, 0.29) is 19.0 Å². The number of aromatic amines is 1. The highest BCUT2D eigenvalue weighted by Gasteiger charge is 2.20. The molecule has 2 aromatic heterocycles. The van der Waals surface area contributed by atoms with Crippen LogP contribution in [0.15, 0.2) is 21.6 Å². The molecule has 0 saturated carbocycles. The van der Waals surface area contributed by atoms with Gasteiger partial charge < -0.3 is 16.2 Å². The van der Waals surface area contributed by atoms with Crippen LogP contribution >= 0.6 is 23.5 Å². The van der Waals surface area contributed by atoms with Gasteiger partial charge in [0.25, 0.3) is 5.91 Å². The first-order chi connectivity index (χ1) is 11.5. The summed E-state index contributed by atoms with van der Waals surface area (Å²) in [5.41, 5.74) is 6.58. The fraction of sp³-hybridized carbons (Fsp3) is 0.417. The minimum atomic E-state index is -0.455. The van der Waals surface area contributed by atoms with Crippen molar-refractivity contribution in [1.29, 1.82) is 0 Å². The molecule has 0 radical (unpaired) electrons. The number of carbonyl (C=O) groups excluding carboxylic acids is 1. The quantitative estimate of drug-likeness (QED) is 0.408. The van der Waals surface area contributed by atoms with Crippen molar-refractivity contribution in [3.05, 3.63) is 11.3 Å². The number of nitrogens with zero attached hydrogens (tertiary/aromatic N) is 5. The molecule has 2 heterocycles. The maximum Gasteiger partial charge on any atom is 0.279 e. The predicted molar refractivity (Wildman–Crippen MR) is 93.0 cm³/mol. The van der Waals surface area contributed by atoms with E-state index >= 15 is 0 Å². The van der Waals surface area contributed by atoms with Gasteiger partial charge in [0.05, 0.1) is 0 Å². The molecular weight excluding hydrogens is 352 g/mol. The van der Waals surface area contributed by atoms with Crippen LogP contribution in [0.1, 0.15) is 18.1 Å². The highest BCUT2D eigenvalue weighted by atomic mass is 32.2. The maximum absolute atomic E-state index is 12.7. The minimum absolute atomic E-state index is 0.00285. The third-order valence-electron chi connectivity index (χ3n) is 3.01. The minimum Gasteiger partial charge on any atom is -0.396 e. The summed E-state index contributed by atoms with van der Waals surface area (Å²) in [6.45, 7) is 1.50. The number of carbonyl (C=O) groups is 1. The summed E-state index contributed by atoms with van der Waals surface area (Å²) in [4.78, 5) is 20.9. The van der Waals surface area contributed by atoms with E-state index in [0.29, 0.717) is 27.5 Å². The summed E-state index contributed by atoms with van der Waals surface area (Å²) < 4.78 is 1.02. The summed E-state index contributed by atoms with van der Waals surface area (Å²) in [7, 11) is 0. The van der Waals surface area contributed by atoms with Crippen LogP contribution in [-0.4, -0.2) is 60.1 Å². The van der Waals surface area contributed by atoms with Crippen LogP contribution < -0.4 is 11.1 Å². The van der Waals surface area contributed by atoms with Gasteiger partial charge in [0.1, 0.15) is 0 Å². The topological polar surface area (TPSA) is 148 Å². The van der Waals surface area contributed by atoms with E-state index in [2.05, 4.69) is 30.6 Å². The lowest BCUT2D eigenvalue weighted by molar-refractivity contribution is 0.0932. The molecule has 0 spiro atoms. The molecule has 0 aliphatic rings. The largest absolute Gasteiger partial charge is 0.396 e. The zero-order valence-corrected chi connectivity index (χ0v) is 15.0. The van der Waals surface area contributed by atoms with Crippen molar-refractivity contribution in [1.82, 2.24) is 29.9 Å². The number of aliphatic hydroxyl groups is 1. The van der Waals surface area contributed by atoms with Crippen LogP contribution in [0.3, 0.4) is 0 Å². The lowest BCUT2D eigenvalue weighted by Crippen LogP contribution is -2.21. The Morgan fingerprint density at radius 3 is 2.58 bits per heavy atom. The number of allylic oxidation sites excluding steroid dienone is 1. The lowest BCUT2D eigenvalue weighted by Gasteiger charge is -2.11. The van der Waals surface area contributed by atoms with Gasteiger partial charge in [0.2, 0.25) is 22.2 Å². The fourth-order valence-electron chi connectivity index (χ4n) is 1.88. The molecule has 2 aromatic rings. The zero-order valence-electron chi connectivity index (χ0n) is 13.4. The summed E-state index contributed by atoms with van der Waals surface area (Å²) in [6, 6.07) is 0. The van der Waals surface area contributed by atoms with Gasteiger partial charge >= 0.3 is 0 Å². The van der Waals surface area contributed by atoms with E-state index in [1.54, 1.807) is 13.2 Å². The Morgan fingerprint density at radius 2 is 2.04 bits per heavy atom. The number of thioether (sulfide) groups is 2. The molecule has 0 bridgehead atoms. The first kappa shape index (κ1) is 18.3. The summed E-state index contributed by atoms with van der Waals surface area (Å²) in [5.74, 6) is -0.0580. The second-order valence-corrected chi connectivity index (χ2v) is 6.09. The van der Waals surface area contributed by atoms with Gasteiger partial charge in [-0.1, -0.05) is 23.5 Å². The van der Waals surface area contributed by atoms with E-state index in [9.17, 15) is 9.90 Å². The maximum atomic E-state index is 12.7. The smallest absolute Gasteiger partial charge is 0.279 e. The molecule has 0 aliphatic carbocycles. The second kappa shape index (κ2) is 8.17. The van der Waals surface area contributed by atoms with E-state index in [1.807, 2.05) is 6.26 Å². The normalized spacial score (nSPS) is 12.2. The number of aromatic nitrogens is 6. The number of nitrogens with one attached hydrogen (secondary N) is 2. The first-order valence-electron chi connectivity index (χ1n) is 6.85. The summed E-state index contributed by atoms with van der Waals surface area (Å²) >= 11 is 2.67. The van der Waals surface area contributed by atoms with Crippen molar-refractivity contribution in [2.45, 2.75) is 23.7 Å². The van der Waals surface area contributed by atoms with Crippen molar-refractivity contribution >= 4 is 41.3 Å². The van der Waals surface area contributed by atoms with Crippen molar-refractivity contribution in [2.24, 2.45) is 0 Å². The van der Waals surface area contributed by atoms with Crippen molar-refractivity contribution < 1.29 is 9.90 Å². The van der Waals surface area contributed by atoms with E-state index in [4.69, 9.17) is 5.73 Å². The number of H-pyrrole nitrogens is 1. The number of hydrogen-bond donors (Lipinski definition) is 4. The third-order valence-corrected chi connectivity index (χ3v) is 4.10. The summed E-state index contributed by atoms with van der Waals surface area (Å²) in [6.07, 6.45) is 3.77. The Bertz CT molecular complexity index is 754. The lowest BCUT2D eigenvalue weighted by atomic mass is 10.1. The van der Waals surface area contributed by atoms with Crippen LogP contribution in [0.2, 0.25) is 0 Å². The Labute approximate surface area is 146 Å². The second-order valence-electron chi connectivity index (χ2n) is 4.55. The number of anilines is 2. The molecule has 130 valence electrons. The molecule has 0 unspecified atom stereocenters. The van der Waals surface area contributed by atoms with Gasteiger partial charge in [-0.2, -0.15) is 14.6 Å². The number of rotatable bonds is 7. The molecule has 12 heteroatoms. The van der Waals surface area contributed by atoms with E-state index < -0.39 is 5.91 Å². The van der Waals surface area contributed by atoms with Crippen LogP contribution in [0, 0.1) is 0 Å². The number of aliphatic hydroxyl groups excluding tert-OH is 1. The van der Waals surface area contributed by atoms with Gasteiger partial charge in [-0.15, -0.1) is 10.2 Å². The molecule has 10 nitrogen and oxygen atoms in total. The average Bonchev–Trinajstić information content (AvgIpc) is 3.17. The summed E-state index contributed by atoms with van der Waals surface area (Å²) in [5, 5.41) is 24.0. The molecule has 5 N–H and O–H groups in total. The molecular formula is C12H18N8O2S2. The van der Waals surface area contributed by atoms with Gasteiger partial charge in [-0.25, -0.2) is 5.10 Å². The molecule has 24 heavy (non-hydrogen) atoms. The zero-order chi connectivity index (χ0) is 17.7. The van der Waals surface area contributed by atoms with Crippen LogP contribution in [0.25, 0.3) is 0 Å². The Hall–Kier alpha value is -2.05. The average molecular weight is 370 g/mol. The standard InChI is InChI=1S/C12H18N8O2S2/c1-6(14-10-16-11(23-2)18-17-10)7(4-5-21)8(22)20-9(13)15-12(19-20)24-3/h21H,4-5H2,1-3H3,(H2,13,15,19)(H2,14,16,17,18)/b7-6+. The Morgan fingerprint density at radius 1 is 1.33 bits per heavy atom. The highest BCUT2D eigenvalue weighted by Crippen LogP contribution is 2.18. The first-order valence-corrected chi connectivity index (χ1v) is 9.30. The number of nitrogens with two attached hydrogens (primary N) is 1. The Kier molecular flexibility index (Phi) is 6.23. The van der Waals surface area contributed by atoms with Crippen LogP contribution in [0.4, 0.5) is 11.9 Å². The molecule has 0 atom stereocenters. The number of hydrogen-bond acceptors (Lipinski definition) is 10. The van der Waals surface area contributed by atoms with Gasteiger partial charge in [-0.3, -0.25) is 4.79 Å². The van der Waals surface area contributed by atoms with E-state index in [1.165, 1.54) is 23.5 Å².